The zero-order chi connectivity index (χ0) is 20.6. The molecule has 0 radical (unpaired) electrons. The van der Waals surface area contributed by atoms with Gasteiger partial charge in [0.05, 0.1) is 19.1 Å². The fourth-order valence-electron chi connectivity index (χ4n) is 3.03. The molecule has 2 rings (SSSR count). The summed E-state index contributed by atoms with van der Waals surface area (Å²) in [4.78, 5) is 26.4. The van der Waals surface area contributed by atoms with Gasteiger partial charge in [0.25, 0.3) is 0 Å². The van der Waals surface area contributed by atoms with E-state index >= 15 is 0 Å². The number of nitrogens with zero attached hydrogens (tertiary/aromatic N) is 1. The van der Waals surface area contributed by atoms with Crippen LogP contribution >= 0.6 is 0 Å². The topological polar surface area (TPSA) is 61.4 Å². The highest BCUT2D eigenvalue weighted by molar-refractivity contribution is 5.81. The van der Waals surface area contributed by atoms with E-state index in [4.69, 9.17) is 0 Å². The average Bonchev–Trinajstić information content (AvgIpc) is 2.61. The third kappa shape index (κ3) is 7.92. The van der Waals surface area contributed by atoms with Gasteiger partial charge in [-0.3, -0.25) is 14.5 Å². The number of rotatable bonds is 8. The molecule has 5 nitrogen and oxygen atoms in total. The van der Waals surface area contributed by atoms with Crippen LogP contribution in [-0.2, 0) is 16.0 Å². The minimum Gasteiger partial charge on any atom is -0.350 e. The lowest BCUT2D eigenvalue weighted by Gasteiger charge is -2.24. The molecule has 0 aliphatic carbocycles. The molecule has 0 unspecified atom stereocenters. The van der Waals surface area contributed by atoms with Crippen LogP contribution < -0.4 is 10.6 Å². The number of amides is 2. The summed E-state index contributed by atoms with van der Waals surface area (Å²) in [5, 5.41) is 6.03. The third-order valence-corrected chi connectivity index (χ3v) is 4.16. The van der Waals surface area contributed by atoms with E-state index in [2.05, 4.69) is 22.8 Å². The van der Waals surface area contributed by atoms with E-state index in [9.17, 15) is 9.59 Å². The molecule has 2 N–H and O–H groups in total. The lowest BCUT2D eigenvalue weighted by atomic mass is 9.99. The van der Waals surface area contributed by atoms with Crippen LogP contribution in [0.15, 0.2) is 60.7 Å². The molecule has 0 aliphatic heterocycles. The number of hydrogen-bond acceptors (Lipinski definition) is 3. The molecule has 1 atom stereocenters. The Morgan fingerprint density at radius 2 is 1.43 bits per heavy atom. The lowest BCUT2D eigenvalue weighted by Crippen LogP contribution is -2.47. The van der Waals surface area contributed by atoms with Crippen LogP contribution in [0.2, 0.25) is 0 Å². The summed E-state index contributed by atoms with van der Waals surface area (Å²) < 4.78 is 0. The smallest absolute Gasteiger partial charge is 0.234 e. The number of nitrogens with one attached hydrogen (secondary N) is 2. The largest absolute Gasteiger partial charge is 0.350 e. The van der Waals surface area contributed by atoms with Crippen LogP contribution in [0.3, 0.4) is 0 Å². The van der Waals surface area contributed by atoms with E-state index < -0.39 is 0 Å². The molecule has 2 aromatic carbocycles. The summed E-state index contributed by atoms with van der Waals surface area (Å²) in [5.41, 5.74) is 1.94. The van der Waals surface area contributed by atoms with E-state index in [1.165, 1.54) is 0 Å². The Bertz CT molecular complexity index is 754. The molecule has 0 heterocycles. The minimum atomic E-state index is -0.283. The third-order valence-electron chi connectivity index (χ3n) is 4.16. The molecule has 150 valence electrons. The molecule has 0 saturated carbocycles. The number of carbonyl (C=O) groups is 2. The predicted octanol–water partition coefficient (Wildman–Crippen LogP) is 2.93. The van der Waals surface area contributed by atoms with Crippen molar-refractivity contribution in [3.63, 3.8) is 0 Å². The SMILES string of the molecule is CN(CC(=O)N[C@@H](Cc1ccccc1)c1ccccc1)CC(=O)NC(C)(C)C. The second-order valence-electron chi connectivity index (χ2n) is 8.19. The Hall–Kier alpha value is -2.66. The van der Waals surface area contributed by atoms with Crippen molar-refractivity contribution in [2.75, 3.05) is 20.1 Å². The molecule has 0 bridgehead atoms. The highest BCUT2D eigenvalue weighted by Gasteiger charge is 2.19. The van der Waals surface area contributed by atoms with Crippen molar-refractivity contribution in [2.45, 2.75) is 38.8 Å². The standard InChI is InChI=1S/C23H31N3O2/c1-23(2,3)25-22(28)17-26(4)16-21(27)24-20(19-13-9-6-10-14-19)15-18-11-7-5-8-12-18/h5-14,20H,15-17H2,1-4H3,(H,24,27)(H,25,28)/t20-/m0/s1. The number of likely N-dealkylation sites (N-methyl/N-ethyl adjacent to an activating group) is 1. The average molecular weight is 382 g/mol. The first kappa shape index (κ1) is 21.6. The maximum atomic E-state index is 12.6. The van der Waals surface area contributed by atoms with Crippen molar-refractivity contribution in [3.05, 3.63) is 71.8 Å². The molecule has 0 spiro atoms. The Morgan fingerprint density at radius 3 is 2.00 bits per heavy atom. The normalized spacial score (nSPS) is 12.5. The van der Waals surface area contributed by atoms with Crippen molar-refractivity contribution in [3.8, 4) is 0 Å². The summed E-state index contributed by atoms with van der Waals surface area (Å²) in [6.45, 7) is 6.15. The van der Waals surface area contributed by atoms with Gasteiger partial charge in [0.15, 0.2) is 0 Å². The molecule has 0 aliphatic rings. The zero-order valence-electron chi connectivity index (χ0n) is 17.2. The van der Waals surface area contributed by atoms with Crippen LogP contribution in [0.25, 0.3) is 0 Å². The van der Waals surface area contributed by atoms with Crippen molar-refractivity contribution in [1.29, 1.82) is 0 Å². The van der Waals surface area contributed by atoms with Gasteiger partial charge in [-0.2, -0.15) is 0 Å². The van der Waals surface area contributed by atoms with E-state index in [0.717, 1.165) is 11.1 Å². The van der Waals surface area contributed by atoms with Gasteiger partial charge in [-0.15, -0.1) is 0 Å². The Balaban J connectivity index is 1.97. The second kappa shape index (κ2) is 10.0. The monoisotopic (exact) mass is 381 g/mol. The van der Waals surface area contributed by atoms with E-state index in [0.29, 0.717) is 6.42 Å². The summed E-state index contributed by atoms with van der Waals surface area (Å²) in [7, 11) is 1.77. The quantitative estimate of drug-likeness (QED) is 0.739. The van der Waals surface area contributed by atoms with Gasteiger partial charge < -0.3 is 10.6 Å². The molecular weight excluding hydrogens is 350 g/mol. The Morgan fingerprint density at radius 1 is 0.893 bits per heavy atom. The van der Waals surface area contributed by atoms with Gasteiger partial charge in [-0.1, -0.05) is 60.7 Å². The van der Waals surface area contributed by atoms with Crippen LogP contribution in [0.5, 0.6) is 0 Å². The van der Waals surface area contributed by atoms with Crippen molar-refractivity contribution >= 4 is 11.8 Å². The van der Waals surface area contributed by atoms with E-state index in [1.54, 1.807) is 11.9 Å². The zero-order valence-corrected chi connectivity index (χ0v) is 17.2. The van der Waals surface area contributed by atoms with Gasteiger partial charge in [0, 0.05) is 5.54 Å². The highest BCUT2D eigenvalue weighted by atomic mass is 16.2. The Labute approximate surface area is 168 Å². The van der Waals surface area contributed by atoms with Crippen molar-refractivity contribution in [2.24, 2.45) is 0 Å². The lowest BCUT2D eigenvalue weighted by molar-refractivity contribution is -0.125. The molecule has 5 heteroatoms. The first-order chi connectivity index (χ1) is 13.2. The summed E-state index contributed by atoms with van der Waals surface area (Å²) in [6, 6.07) is 19.9. The first-order valence-corrected chi connectivity index (χ1v) is 9.61. The summed E-state index contributed by atoms with van der Waals surface area (Å²) >= 11 is 0. The number of hydrogen-bond donors (Lipinski definition) is 2. The highest BCUT2D eigenvalue weighted by Crippen LogP contribution is 2.18. The van der Waals surface area contributed by atoms with Crippen molar-refractivity contribution < 1.29 is 9.59 Å². The maximum Gasteiger partial charge on any atom is 0.234 e. The molecule has 0 saturated heterocycles. The van der Waals surface area contributed by atoms with Crippen molar-refractivity contribution in [1.82, 2.24) is 15.5 Å². The molecule has 2 aromatic rings. The minimum absolute atomic E-state index is 0.0910. The second-order valence-corrected chi connectivity index (χ2v) is 8.19. The van der Waals surface area contributed by atoms with Gasteiger partial charge in [0.2, 0.25) is 11.8 Å². The summed E-state index contributed by atoms with van der Waals surface area (Å²) in [6.07, 6.45) is 0.713. The van der Waals surface area contributed by atoms with Crippen LogP contribution in [0, 0.1) is 0 Å². The number of carbonyl (C=O) groups excluding carboxylic acids is 2. The predicted molar refractivity (Wildman–Crippen MR) is 113 cm³/mol. The van der Waals surface area contributed by atoms with Gasteiger partial charge >= 0.3 is 0 Å². The fraction of sp³-hybridized carbons (Fsp3) is 0.391. The molecule has 28 heavy (non-hydrogen) atoms. The van der Waals surface area contributed by atoms with Crippen LogP contribution in [0.1, 0.15) is 37.9 Å². The first-order valence-electron chi connectivity index (χ1n) is 9.61. The van der Waals surface area contributed by atoms with E-state index in [-0.39, 0.29) is 36.5 Å². The molecule has 0 fully saturated rings. The van der Waals surface area contributed by atoms with E-state index in [1.807, 2.05) is 69.3 Å². The molecule has 2 amide bonds. The number of benzene rings is 2. The van der Waals surface area contributed by atoms with Crippen LogP contribution in [-0.4, -0.2) is 42.4 Å². The van der Waals surface area contributed by atoms with Gasteiger partial charge in [-0.05, 0) is 45.4 Å². The fourth-order valence-corrected chi connectivity index (χ4v) is 3.03. The van der Waals surface area contributed by atoms with Gasteiger partial charge in [0.1, 0.15) is 0 Å². The molecular formula is C23H31N3O2. The maximum absolute atomic E-state index is 12.6. The summed E-state index contributed by atoms with van der Waals surface area (Å²) in [5.74, 6) is -0.192. The van der Waals surface area contributed by atoms with Crippen LogP contribution in [0.4, 0.5) is 0 Å². The van der Waals surface area contributed by atoms with Gasteiger partial charge in [-0.25, -0.2) is 0 Å². The Kier molecular flexibility index (Phi) is 7.76. The molecule has 0 aromatic heterocycles.